The summed E-state index contributed by atoms with van der Waals surface area (Å²) >= 11 is 30.3. The van der Waals surface area contributed by atoms with Gasteiger partial charge in [-0.05, 0) is 324 Å². The molecule has 0 atom stereocenters. The Kier molecular flexibility index (Phi) is 46.5. The third kappa shape index (κ3) is 38.2. The van der Waals surface area contributed by atoms with Crippen LogP contribution in [0.3, 0.4) is 0 Å². The van der Waals surface area contributed by atoms with Gasteiger partial charge in [0, 0.05) is 73.8 Å². The molecule has 12 aromatic carbocycles. The smallest absolute Gasteiger partial charge is 0.416 e. The lowest BCUT2D eigenvalue weighted by Gasteiger charge is -2.16. The normalized spacial score (nSPS) is 11.0. The minimum atomic E-state index is -4.45. The second-order valence-electron chi connectivity index (χ2n) is 33.4. The third-order valence-corrected chi connectivity index (χ3v) is 23.7. The maximum Gasteiger partial charge on any atom is 0.416 e. The van der Waals surface area contributed by atoms with Crippen LogP contribution in [0.2, 0.25) is 0 Å². The molecule has 0 unspecified atom stereocenters. The number of thiocarbonyl (C=S) groups is 6. The quantitative estimate of drug-likeness (QED) is 0.0183. The molecule has 1 aliphatic rings. The maximum atomic E-state index is 12.9. The first-order valence-corrected chi connectivity index (χ1v) is 48.3. The van der Waals surface area contributed by atoms with Gasteiger partial charge in [-0.15, -0.1) is 0 Å². The molecule has 0 bridgehead atoms. The Morgan fingerprint density at radius 1 is 0.301 bits per heavy atom. The van der Waals surface area contributed by atoms with Gasteiger partial charge >= 0.3 is 6.18 Å². The van der Waals surface area contributed by atoms with Crippen LogP contribution in [0.1, 0.15) is 161 Å². The second kappa shape index (κ2) is 57.8. The SMILES string of the molecule is CCOc1ccc(COc2ccc(C)cc2C)c(NC(=S)OC)c1.CCc1ccc(COc2ccc(C)cc2C)c(NC(=S)OC)c1.COC(=S)Nc1cc(C(F)(F)F)ccc1COc1ccc(C)cc1C.COC(=S)Nc1cc(C(F)F)ccc1COc1ccc(C)cc1C.COC(=S)Nc1cc(C2CC2)ccc1COc1ccc(C)cc1C.COC(=S)Nc1cc(OC)ccc1COc1ccc(C)cc1C. The van der Waals surface area contributed by atoms with E-state index in [4.69, 9.17) is 140 Å². The highest BCUT2D eigenvalue weighted by Gasteiger charge is 2.32. The highest BCUT2D eigenvalue weighted by atomic mass is 32.1. The van der Waals surface area contributed by atoms with Crippen LogP contribution in [0, 0.1) is 83.1 Å². The van der Waals surface area contributed by atoms with Gasteiger partial charge in [0.15, 0.2) is 0 Å². The Morgan fingerprint density at radius 3 is 0.846 bits per heavy atom. The molecule has 0 saturated heterocycles. The van der Waals surface area contributed by atoms with E-state index in [-0.39, 0.29) is 34.8 Å². The van der Waals surface area contributed by atoms with E-state index >= 15 is 0 Å². The number of halogens is 5. The number of nitrogens with one attached hydrogen (secondary N) is 6. The average molecular weight is 2070 g/mol. The Labute approximate surface area is 870 Å². The monoisotopic (exact) mass is 2070 g/mol. The minimum Gasteiger partial charge on any atom is -0.497 e. The lowest BCUT2D eigenvalue weighted by molar-refractivity contribution is -0.137. The third-order valence-electron chi connectivity index (χ3n) is 22.1. The van der Waals surface area contributed by atoms with Gasteiger partial charge < -0.3 is 98.2 Å². The molecular formula is C112H127F5N6O14S6. The number of hydrogen-bond acceptors (Lipinski definition) is 20. The molecule has 0 spiro atoms. The maximum absolute atomic E-state index is 12.9. The van der Waals surface area contributed by atoms with E-state index in [1.807, 2.05) is 158 Å². The molecule has 1 aliphatic carbocycles. The molecule has 760 valence electrons. The van der Waals surface area contributed by atoms with Crippen LogP contribution >= 0.6 is 73.3 Å². The van der Waals surface area contributed by atoms with E-state index < -0.39 is 18.2 Å². The summed E-state index contributed by atoms with van der Waals surface area (Å²) in [4.78, 5) is 0. The summed E-state index contributed by atoms with van der Waals surface area (Å²) < 4.78 is 141. The highest BCUT2D eigenvalue weighted by Crippen LogP contribution is 2.42. The van der Waals surface area contributed by atoms with E-state index in [9.17, 15) is 22.0 Å². The molecule has 12 aromatic rings. The molecule has 1 saturated carbocycles. The molecule has 13 rings (SSSR count). The van der Waals surface area contributed by atoms with E-state index in [2.05, 4.69) is 153 Å². The van der Waals surface area contributed by atoms with Gasteiger partial charge in [-0.25, -0.2) is 8.78 Å². The van der Waals surface area contributed by atoms with Crippen LogP contribution in [0.5, 0.6) is 46.0 Å². The summed E-state index contributed by atoms with van der Waals surface area (Å²) in [6.07, 6.45) is -3.50. The molecule has 0 radical (unpaired) electrons. The standard InChI is InChI=1S/C20H23NO2S.C19H23NO3S.C19H23NO2S.C18H18F3NO2S.C18H19F2NO2S.C18H21NO3S/c1-13-4-9-19(14(2)10-13)23-12-17-8-7-16(15-5-6-15)11-18(17)21-20(24)22-3;1-5-22-16-8-7-15(17(11-16)20-19(24)21-4)12-23-18-9-6-13(2)10-14(18)3;1-5-15-7-8-16(17(11-15)20-19(23)21-4)12-22-18-9-6-13(2)10-14(18)3;1-11-4-7-16(12(2)8-11)24-10-13-5-6-14(18(19,20)21)9-15(13)22-17(25)23-3;1-11-4-7-16(12(2)8-11)23-10-14-6-5-13(17(19)20)9-15(14)21-18(24)22-3;1-12-5-8-17(13(2)9-12)22-11-14-6-7-15(20-3)10-16(14)19-18(23)21-4/h4,7-11,15H,5-6,12H2,1-3H3,(H,21,24);6-11H,5,12H2,1-4H3,(H,20,24);6-11H,5,12H2,1-4H3,(H,20,23);4-9H,10H2,1-3H3,(H,22,25);4-9,17H,10H2,1-3H3,(H,21,24);5-10H,11H2,1-4H3,(H,19,23). The molecular weight excluding hydrogens is 1940 g/mol. The van der Waals surface area contributed by atoms with Gasteiger partial charge in [-0.1, -0.05) is 156 Å². The molecule has 143 heavy (non-hydrogen) atoms. The zero-order valence-electron chi connectivity index (χ0n) is 84.6. The molecule has 1 fully saturated rings. The van der Waals surface area contributed by atoms with Gasteiger partial charge in [0.1, 0.15) is 85.6 Å². The summed E-state index contributed by atoms with van der Waals surface area (Å²) in [7, 11) is 10.6. The largest absolute Gasteiger partial charge is 0.497 e. The van der Waals surface area contributed by atoms with Gasteiger partial charge in [0.25, 0.3) is 37.5 Å². The minimum absolute atomic E-state index is 0.0212. The van der Waals surface area contributed by atoms with Crippen molar-refractivity contribution in [2.45, 2.75) is 174 Å². The Bertz CT molecular complexity index is 6080. The fourth-order valence-electron chi connectivity index (χ4n) is 14.2. The van der Waals surface area contributed by atoms with Gasteiger partial charge in [-0.2, -0.15) is 13.2 Å². The number of ether oxygens (including phenoxy) is 14. The van der Waals surface area contributed by atoms with E-state index in [1.165, 1.54) is 92.9 Å². The number of benzene rings is 12. The van der Waals surface area contributed by atoms with Crippen molar-refractivity contribution in [3.63, 3.8) is 0 Å². The number of aryl methyl sites for hydroxylation is 13. The first-order valence-electron chi connectivity index (χ1n) is 45.9. The van der Waals surface area contributed by atoms with Gasteiger partial charge in [0.2, 0.25) is 0 Å². The predicted octanol–water partition coefficient (Wildman–Crippen LogP) is 29.2. The van der Waals surface area contributed by atoms with Crippen molar-refractivity contribution in [2.24, 2.45) is 0 Å². The van der Waals surface area contributed by atoms with Crippen molar-refractivity contribution in [3.05, 3.63) is 341 Å². The summed E-state index contributed by atoms with van der Waals surface area (Å²) in [5.41, 5.74) is 24.8. The van der Waals surface area contributed by atoms with Crippen LogP contribution in [0.4, 0.5) is 56.1 Å². The molecule has 0 aromatic heterocycles. The second-order valence-corrected chi connectivity index (χ2v) is 35.7. The molecule has 6 N–H and O–H groups in total. The molecule has 0 heterocycles. The van der Waals surface area contributed by atoms with Crippen molar-refractivity contribution in [2.75, 3.05) is 88.3 Å². The first-order chi connectivity index (χ1) is 68.3. The lowest BCUT2D eigenvalue weighted by Crippen LogP contribution is -2.15. The van der Waals surface area contributed by atoms with Crippen LogP contribution in [0.25, 0.3) is 0 Å². The summed E-state index contributed by atoms with van der Waals surface area (Å²) in [6.45, 7) is 31.1. The summed E-state index contributed by atoms with van der Waals surface area (Å²) in [6, 6.07) is 68.2. The first kappa shape index (κ1) is 115. The predicted molar refractivity (Wildman–Crippen MR) is 589 cm³/mol. The summed E-state index contributed by atoms with van der Waals surface area (Å²) in [5.74, 6) is 7.17. The van der Waals surface area contributed by atoms with Crippen LogP contribution in [0.15, 0.2) is 218 Å². The van der Waals surface area contributed by atoms with Crippen LogP contribution in [-0.2, 0) is 80.7 Å². The zero-order valence-corrected chi connectivity index (χ0v) is 89.5. The fourth-order valence-corrected chi connectivity index (χ4v) is 14.9. The van der Waals surface area contributed by atoms with Crippen molar-refractivity contribution >= 4 is 138 Å². The van der Waals surface area contributed by atoms with Crippen molar-refractivity contribution in [3.8, 4) is 46.0 Å². The average Bonchev–Trinajstić information content (AvgIpc) is 1.63. The molecule has 31 heteroatoms. The van der Waals surface area contributed by atoms with Gasteiger partial charge in [-0.3, -0.25) is 0 Å². The molecule has 0 amide bonds. The molecule has 0 aliphatic heterocycles. The van der Waals surface area contributed by atoms with E-state index in [0.717, 1.165) is 148 Å². The van der Waals surface area contributed by atoms with Crippen molar-refractivity contribution in [1.82, 2.24) is 0 Å². The number of hydrogen-bond donors (Lipinski definition) is 6. The Balaban J connectivity index is 0.000000210. The van der Waals surface area contributed by atoms with Crippen LogP contribution in [-0.4, -0.2) is 87.4 Å². The van der Waals surface area contributed by atoms with Crippen molar-refractivity contribution < 1.29 is 88.3 Å². The topological polar surface area (TPSA) is 201 Å². The zero-order chi connectivity index (χ0) is 105. The molecule has 20 nitrogen and oxygen atoms in total. The number of anilines is 6. The Morgan fingerprint density at radius 2 is 0.566 bits per heavy atom. The Hall–Kier alpha value is -13.2. The fraction of sp³-hybridized carbons (Fsp3) is 0.304. The van der Waals surface area contributed by atoms with Crippen LogP contribution < -0.4 is 69.8 Å². The number of rotatable bonds is 30. The van der Waals surface area contributed by atoms with E-state index in [1.54, 1.807) is 27.4 Å². The number of methoxy groups -OCH3 is 7. The highest BCUT2D eigenvalue weighted by molar-refractivity contribution is 7.81. The summed E-state index contributed by atoms with van der Waals surface area (Å²) in [5, 5.41) is 19.3. The van der Waals surface area contributed by atoms with Gasteiger partial charge in [0.05, 0.1) is 73.3 Å². The number of alkyl halides is 5. The lowest BCUT2D eigenvalue weighted by atomic mass is 10.1. The van der Waals surface area contributed by atoms with E-state index in [0.29, 0.717) is 82.2 Å². The van der Waals surface area contributed by atoms with Crippen molar-refractivity contribution in [1.29, 1.82) is 0 Å².